The number of ether oxygens (including phenoxy) is 3. The van der Waals surface area contributed by atoms with Crippen LogP contribution >= 0.6 is 0 Å². The molecule has 5 rings (SSSR count). The van der Waals surface area contributed by atoms with Gasteiger partial charge in [-0.15, -0.1) is 5.10 Å². The van der Waals surface area contributed by atoms with Crippen LogP contribution in [-0.2, 0) is 9.47 Å². The van der Waals surface area contributed by atoms with Crippen molar-refractivity contribution < 1.29 is 19.0 Å². The number of rotatable bonds is 7. The van der Waals surface area contributed by atoms with E-state index in [1.54, 1.807) is 10.7 Å². The van der Waals surface area contributed by atoms with Crippen LogP contribution in [0.15, 0.2) is 60.7 Å². The molecule has 0 amide bonds. The molecule has 0 radical (unpaired) electrons. The quantitative estimate of drug-likeness (QED) is 0.320. The molecular formula is C29H32N4O4. The van der Waals surface area contributed by atoms with Crippen LogP contribution in [0, 0.1) is 0 Å². The summed E-state index contributed by atoms with van der Waals surface area (Å²) in [5.41, 5.74) is 4.46. The van der Waals surface area contributed by atoms with Crippen LogP contribution < -0.4 is 9.64 Å². The SMILES string of the molecule is CC(C)OC(=O)c1cc(-c2ccc(N3CCOCC3)cc2)c2c(OC(C)C)nn(-c3ccccc3)c2n1. The lowest BCUT2D eigenvalue weighted by Crippen LogP contribution is -2.36. The number of benzene rings is 2. The molecule has 0 aliphatic carbocycles. The van der Waals surface area contributed by atoms with Gasteiger partial charge >= 0.3 is 5.97 Å². The molecule has 1 saturated heterocycles. The van der Waals surface area contributed by atoms with Gasteiger partial charge in [-0.05, 0) is 63.6 Å². The van der Waals surface area contributed by atoms with Crippen molar-refractivity contribution in [2.24, 2.45) is 0 Å². The number of pyridine rings is 1. The zero-order valence-electron chi connectivity index (χ0n) is 21.7. The number of hydrogen-bond acceptors (Lipinski definition) is 7. The zero-order chi connectivity index (χ0) is 25.9. The lowest BCUT2D eigenvalue weighted by molar-refractivity contribution is 0.0371. The van der Waals surface area contributed by atoms with Crippen LogP contribution in [0.5, 0.6) is 5.88 Å². The second-order valence-electron chi connectivity index (χ2n) is 9.57. The van der Waals surface area contributed by atoms with E-state index in [1.807, 2.05) is 58.0 Å². The molecule has 8 nitrogen and oxygen atoms in total. The minimum Gasteiger partial charge on any atom is -0.473 e. The van der Waals surface area contributed by atoms with E-state index in [4.69, 9.17) is 24.3 Å². The third kappa shape index (κ3) is 5.29. The second kappa shape index (κ2) is 10.6. The largest absolute Gasteiger partial charge is 0.473 e. The van der Waals surface area contributed by atoms with Gasteiger partial charge in [-0.25, -0.2) is 14.5 Å². The molecule has 1 aliphatic rings. The molecule has 0 atom stereocenters. The maximum Gasteiger partial charge on any atom is 0.357 e. The van der Waals surface area contributed by atoms with Crippen LogP contribution in [0.4, 0.5) is 5.69 Å². The number of carbonyl (C=O) groups excluding carboxylic acids is 1. The van der Waals surface area contributed by atoms with Crippen molar-refractivity contribution >= 4 is 22.7 Å². The van der Waals surface area contributed by atoms with E-state index in [1.165, 1.54) is 0 Å². The minimum absolute atomic E-state index is 0.0931. The van der Waals surface area contributed by atoms with Gasteiger partial charge in [0.2, 0.25) is 5.88 Å². The lowest BCUT2D eigenvalue weighted by atomic mass is 10.0. The van der Waals surface area contributed by atoms with Gasteiger partial charge in [-0.3, -0.25) is 0 Å². The molecule has 2 aromatic heterocycles. The molecule has 3 heterocycles. The number of aromatic nitrogens is 3. The van der Waals surface area contributed by atoms with E-state index in [2.05, 4.69) is 29.2 Å². The van der Waals surface area contributed by atoms with Gasteiger partial charge in [0, 0.05) is 24.3 Å². The summed E-state index contributed by atoms with van der Waals surface area (Å²) in [6.45, 7) is 10.7. The minimum atomic E-state index is -0.477. The zero-order valence-corrected chi connectivity index (χ0v) is 21.7. The summed E-state index contributed by atoms with van der Waals surface area (Å²) in [6, 6.07) is 19.8. The summed E-state index contributed by atoms with van der Waals surface area (Å²) in [7, 11) is 0. The van der Waals surface area contributed by atoms with Gasteiger partial charge in [0.25, 0.3) is 0 Å². The van der Waals surface area contributed by atoms with Gasteiger partial charge in [0.15, 0.2) is 11.3 Å². The fraction of sp³-hybridized carbons (Fsp3) is 0.345. The first-order chi connectivity index (χ1) is 17.9. The summed E-state index contributed by atoms with van der Waals surface area (Å²) in [6.07, 6.45) is -0.357. The van der Waals surface area contributed by atoms with Crippen LogP contribution in [-0.4, -0.2) is 59.2 Å². The van der Waals surface area contributed by atoms with Crippen LogP contribution in [0.25, 0.3) is 27.8 Å². The molecule has 4 aromatic rings. The molecule has 0 bridgehead atoms. The number of hydrogen-bond donors (Lipinski definition) is 0. The number of para-hydroxylation sites is 1. The van der Waals surface area contributed by atoms with Crippen molar-refractivity contribution in [1.29, 1.82) is 0 Å². The number of carbonyl (C=O) groups is 1. The van der Waals surface area contributed by atoms with E-state index in [-0.39, 0.29) is 17.9 Å². The highest BCUT2D eigenvalue weighted by molar-refractivity contribution is 6.01. The average molecular weight is 501 g/mol. The molecule has 192 valence electrons. The maximum atomic E-state index is 13.0. The van der Waals surface area contributed by atoms with Gasteiger partial charge in [-0.2, -0.15) is 0 Å². The Kier molecular flexibility index (Phi) is 7.10. The molecule has 8 heteroatoms. The van der Waals surface area contributed by atoms with Crippen molar-refractivity contribution in [3.8, 4) is 22.7 Å². The number of morpholine rings is 1. The van der Waals surface area contributed by atoms with E-state index in [0.29, 0.717) is 11.5 Å². The Balaban J connectivity index is 1.70. The maximum absolute atomic E-state index is 13.0. The summed E-state index contributed by atoms with van der Waals surface area (Å²) < 4.78 is 18.9. The standard InChI is InChI=1S/C29H32N4O4/c1-19(2)36-28-26-24(21-10-12-22(13-11-21)32-14-16-35-17-15-32)18-25(29(34)37-20(3)4)30-27(26)33(31-28)23-8-6-5-7-9-23/h5-13,18-20H,14-17H2,1-4H3. The van der Waals surface area contributed by atoms with E-state index >= 15 is 0 Å². The third-order valence-corrected chi connectivity index (χ3v) is 6.06. The smallest absolute Gasteiger partial charge is 0.357 e. The summed E-state index contributed by atoms with van der Waals surface area (Å²) in [4.78, 5) is 20.1. The van der Waals surface area contributed by atoms with Gasteiger partial charge in [-0.1, -0.05) is 30.3 Å². The summed E-state index contributed by atoms with van der Waals surface area (Å²) in [5, 5.41) is 5.54. The number of nitrogens with zero attached hydrogens (tertiary/aromatic N) is 4. The normalized spacial score (nSPS) is 13.9. The van der Waals surface area contributed by atoms with Crippen molar-refractivity contribution in [3.63, 3.8) is 0 Å². The molecule has 1 aliphatic heterocycles. The third-order valence-electron chi connectivity index (χ3n) is 6.06. The van der Waals surface area contributed by atoms with E-state index in [0.717, 1.165) is 54.2 Å². The monoisotopic (exact) mass is 500 g/mol. The molecule has 0 unspecified atom stereocenters. The predicted molar refractivity (Wildman–Crippen MR) is 144 cm³/mol. The summed E-state index contributed by atoms with van der Waals surface area (Å²) >= 11 is 0. The van der Waals surface area contributed by atoms with E-state index in [9.17, 15) is 4.79 Å². The molecule has 37 heavy (non-hydrogen) atoms. The first-order valence-corrected chi connectivity index (χ1v) is 12.7. The Bertz CT molecular complexity index is 1370. The first-order valence-electron chi connectivity index (χ1n) is 12.7. The van der Waals surface area contributed by atoms with Gasteiger partial charge < -0.3 is 19.1 Å². The highest BCUT2D eigenvalue weighted by atomic mass is 16.5. The first kappa shape index (κ1) is 24.8. The molecule has 2 aromatic carbocycles. The number of anilines is 1. The molecule has 1 fully saturated rings. The van der Waals surface area contributed by atoms with E-state index < -0.39 is 5.97 Å². The molecular weight excluding hydrogens is 468 g/mol. The Hall–Kier alpha value is -3.91. The Morgan fingerprint density at radius 3 is 2.27 bits per heavy atom. The van der Waals surface area contributed by atoms with Gasteiger partial charge in [0.1, 0.15) is 0 Å². The number of esters is 1. The van der Waals surface area contributed by atoms with Crippen LogP contribution in [0.1, 0.15) is 38.2 Å². The summed E-state index contributed by atoms with van der Waals surface area (Å²) in [5.74, 6) is -0.00684. The average Bonchev–Trinajstić information content (AvgIpc) is 3.26. The van der Waals surface area contributed by atoms with Crippen molar-refractivity contribution in [2.75, 3.05) is 31.2 Å². The van der Waals surface area contributed by atoms with Crippen molar-refractivity contribution in [3.05, 3.63) is 66.4 Å². The lowest BCUT2D eigenvalue weighted by Gasteiger charge is -2.29. The van der Waals surface area contributed by atoms with Crippen molar-refractivity contribution in [1.82, 2.24) is 14.8 Å². The molecule has 0 saturated carbocycles. The Morgan fingerprint density at radius 2 is 1.62 bits per heavy atom. The fourth-order valence-corrected chi connectivity index (χ4v) is 4.42. The molecule has 0 N–H and O–H groups in total. The Morgan fingerprint density at radius 1 is 0.919 bits per heavy atom. The topological polar surface area (TPSA) is 78.7 Å². The van der Waals surface area contributed by atoms with Crippen LogP contribution in [0.3, 0.4) is 0 Å². The highest BCUT2D eigenvalue weighted by Crippen LogP contribution is 2.37. The fourth-order valence-electron chi connectivity index (χ4n) is 4.42. The van der Waals surface area contributed by atoms with Gasteiger partial charge in [0.05, 0.1) is 36.5 Å². The highest BCUT2D eigenvalue weighted by Gasteiger charge is 2.24. The second-order valence-corrected chi connectivity index (χ2v) is 9.57. The van der Waals surface area contributed by atoms with Crippen molar-refractivity contribution in [2.45, 2.75) is 39.9 Å². The predicted octanol–water partition coefficient (Wildman–Crippen LogP) is 5.28. The number of fused-ring (bicyclic) bond motifs is 1. The molecule has 0 spiro atoms. The van der Waals surface area contributed by atoms with Crippen LogP contribution in [0.2, 0.25) is 0 Å². The Labute approximate surface area is 216 Å².